The van der Waals surface area contributed by atoms with E-state index in [-0.39, 0.29) is 41.8 Å². The number of hydrogen-bond donors (Lipinski definition) is 4. The average Bonchev–Trinajstić information content (AvgIpc) is 2.86. The van der Waals surface area contributed by atoms with E-state index in [0.717, 1.165) is 24.8 Å². The van der Waals surface area contributed by atoms with Crippen molar-refractivity contribution in [1.82, 2.24) is 0 Å². The van der Waals surface area contributed by atoms with E-state index in [1.165, 1.54) is 0 Å². The Morgan fingerprint density at radius 2 is 1.89 bits per heavy atom. The monoisotopic (exact) mass is 378 g/mol. The van der Waals surface area contributed by atoms with E-state index in [0.29, 0.717) is 12.8 Å². The molecule has 150 valence electrons. The molecule has 3 fully saturated rings. The fourth-order valence-corrected chi connectivity index (χ4v) is 7.31. The molecule has 27 heavy (non-hydrogen) atoms. The fraction of sp³-hybridized carbons (Fsp3) is 0.810. The van der Waals surface area contributed by atoms with E-state index in [4.69, 9.17) is 0 Å². The van der Waals surface area contributed by atoms with Crippen LogP contribution in [0.1, 0.15) is 58.8 Å². The zero-order chi connectivity index (χ0) is 19.8. The molecule has 0 amide bonds. The maximum atomic E-state index is 12.4. The van der Waals surface area contributed by atoms with E-state index in [1.807, 2.05) is 6.92 Å². The lowest BCUT2D eigenvalue weighted by molar-refractivity contribution is -0.196. The summed E-state index contributed by atoms with van der Waals surface area (Å²) in [6.07, 6.45) is 2.80. The van der Waals surface area contributed by atoms with Crippen LogP contribution >= 0.6 is 0 Å². The van der Waals surface area contributed by atoms with Crippen molar-refractivity contribution >= 4 is 11.6 Å². The Hall–Kier alpha value is -1.08. The van der Waals surface area contributed by atoms with Crippen LogP contribution in [-0.2, 0) is 9.59 Å². The zero-order valence-electron chi connectivity index (χ0n) is 16.0. The third kappa shape index (κ3) is 2.40. The number of allylic oxidation sites excluding steroid dienone is 1. The van der Waals surface area contributed by atoms with E-state index in [2.05, 4.69) is 6.92 Å². The first-order chi connectivity index (χ1) is 12.5. The summed E-state index contributed by atoms with van der Waals surface area (Å²) in [4.78, 5) is 24.3. The fourth-order valence-electron chi connectivity index (χ4n) is 7.31. The number of aliphatic hydroxyl groups excluding tert-OH is 2. The van der Waals surface area contributed by atoms with Crippen LogP contribution in [0.5, 0.6) is 0 Å². The summed E-state index contributed by atoms with van der Waals surface area (Å²) in [6, 6.07) is 0. The highest BCUT2D eigenvalue weighted by atomic mass is 16.5. The predicted octanol–water partition coefficient (Wildman–Crippen LogP) is 1.10. The van der Waals surface area contributed by atoms with Crippen molar-refractivity contribution < 1.29 is 30.0 Å². The van der Waals surface area contributed by atoms with Crippen LogP contribution in [0.15, 0.2) is 11.6 Å². The SMILES string of the molecule is C[C@]12CCC(=O)C=C1CC[C@@H]1[C@H]2[C@@H](O)C[C@@]2(C)[C@H]1CC[C@]2(O)C(=O)C(O)O. The third-order valence-electron chi connectivity index (χ3n) is 8.69. The summed E-state index contributed by atoms with van der Waals surface area (Å²) >= 11 is 0. The molecule has 0 saturated heterocycles. The summed E-state index contributed by atoms with van der Waals surface area (Å²) in [5.74, 6) is -0.612. The molecule has 0 heterocycles. The molecule has 0 unspecified atom stereocenters. The van der Waals surface area contributed by atoms with Crippen molar-refractivity contribution in [2.75, 3.05) is 0 Å². The second kappa shape index (κ2) is 5.96. The van der Waals surface area contributed by atoms with E-state index < -0.39 is 29.2 Å². The minimum Gasteiger partial charge on any atom is -0.393 e. The molecule has 0 spiro atoms. The van der Waals surface area contributed by atoms with Gasteiger partial charge in [-0.05, 0) is 67.8 Å². The molecule has 6 heteroatoms. The van der Waals surface area contributed by atoms with Crippen molar-refractivity contribution in [2.24, 2.45) is 28.6 Å². The highest BCUT2D eigenvalue weighted by Gasteiger charge is 2.68. The van der Waals surface area contributed by atoms with Crippen LogP contribution in [0.2, 0.25) is 0 Å². The predicted molar refractivity (Wildman–Crippen MR) is 96.3 cm³/mol. The smallest absolute Gasteiger partial charge is 0.220 e. The molecule has 0 aromatic rings. The first-order valence-electron chi connectivity index (χ1n) is 10.1. The van der Waals surface area contributed by atoms with Crippen LogP contribution in [0, 0.1) is 28.6 Å². The number of carbonyl (C=O) groups excluding carboxylic acids is 2. The Labute approximate surface area is 159 Å². The molecule has 4 aliphatic rings. The van der Waals surface area contributed by atoms with Crippen molar-refractivity contribution in [3.63, 3.8) is 0 Å². The van der Waals surface area contributed by atoms with Gasteiger partial charge in [0.1, 0.15) is 5.60 Å². The number of carbonyl (C=O) groups is 2. The zero-order valence-corrected chi connectivity index (χ0v) is 16.0. The van der Waals surface area contributed by atoms with Gasteiger partial charge < -0.3 is 20.4 Å². The lowest BCUT2D eigenvalue weighted by atomic mass is 9.45. The van der Waals surface area contributed by atoms with Gasteiger partial charge in [0.25, 0.3) is 0 Å². The molecule has 0 aliphatic heterocycles. The van der Waals surface area contributed by atoms with Gasteiger partial charge in [-0.3, -0.25) is 9.59 Å². The van der Waals surface area contributed by atoms with E-state index in [1.54, 1.807) is 6.08 Å². The number of fused-ring (bicyclic) bond motifs is 5. The Kier molecular flexibility index (Phi) is 4.25. The maximum absolute atomic E-state index is 12.4. The van der Waals surface area contributed by atoms with Gasteiger partial charge in [0.05, 0.1) is 6.10 Å². The molecule has 0 aromatic carbocycles. The van der Waals surface area contributed by atoms with Crippen LogP contribution in [0.4, 0.5) is 0 Å². The quantitative estimate of drug-likeness (QED) is 0.535. The Bertz CT molecular complexity index is 713. The maximum Gasteiger partial charge on any atom is 0.220 e. The largest absolute Gasteiger partial charge is 0.393 e. The molecule has 4 rings (SSSR count). The second-order valence-electron chi connectivity index (χ2n) is 9.71. The van der Waals surface area contributed by atoms with Crippen molar-refractivity contribution in [3.8, 4) is 0 Å². The van der Waals surface area contributed by atoms with E-state index >= 15 is 0 Å². The molecule has 7 atom stereocenters. The molecule has 0 aromatic heterocycles. The molecule has 0 bridgehead atoms. The minimum atomic E-state index is -2.21. The van der Waals surface area contributed by atoms with Crippen LogP contribution in [-0.4, -0.2) is 50.0 Å². The van der Waals surface area contributed by atoms with Crippen LogP contribution in [0.25, 0.3) is 0 Å². The summed E-state index contributed by atoms with van der Waals surface area (Å²) in [5, 5.41) is 41.2. The molecule has 0 radical (unpaired) electrons. The molecule has 6 nitrogen and oxygen atoms in total. The Morgan fingerprint density at radius 1 is 1.19 bits per heavy atom. The van der Waals surface area contributed by atoms with Gasteiger partial charge in [-0.15, -0.1) is 0 Å². The first-order valence-corrected chi connectivity index (χ1v) is 10.1. The topological polar surface area (TPSA) is 115 Å². The van der Waals surface area contributed by atoms with Gasteiger partial charge >= 0.3 is 0 Å². The van der Waals surface area contributed by atoms with Gasteiger partial charge in [-0.1, -0.05) is 19.4 Å². The summed E-state index contributed by atoms with van der Waals surface area (Å²) < 4.78 is 0. The number of Topliss-reactive ketones (excluding diaryl/α,β-unsaturated/α-hetero) is 1. The molecule has 4 N–H and O–H groups in total. The number of ketones is 2. The average molecular weight is 378 g/mol. The number of hydrogen-bond acceptors (Lipinski definition) is 6. The lowest BCUT2D eigenvalue weighted by Gasteiger charge is -2.60. The number of rotatable bonds is 2. The highest BCUT2D eigenvalue weighted by Crippen LogP contribution is 2.67. The second-order valence-corrected chi connectivity index (χ2v) is 9.71. The minimum absolute atomic E-state index is 0.000164. The van der Waals surface area contributed by atoms with Gasteiger partial charge in [0, 0.05) is 11.8 Å². The normalized spacial score (nSPS) is 49.3. The van der Waals surface area contributed by atoms with E-state index in [9.17, 15) is 30.0 Å². The summed E-state index contributed by atoms with van der Waals surface area (Å²) in [5.41, 5.74) is -1.79. The molecular formula is C21H30O6. The van der Waals surface area contributed by atoms with Gasteiger partial charge in [-0.25, -0.2) is 0 Å². The van der Waals surface area contributed by atoms with Crippen molar-refractivity contribution in [3.05, 3.63) is 11.6 Å². The highest BCUT2D eigenvalue weighted by molar-refractivity contribution is 5.92. The lowest BCUT2D eigenvalue weighted by Crippen LogP contribution is -2.62. The molecular weight excluding hydrogens is 348 g/mol. The standard InChI is InChI=1S/C21H30O6/c1-19-7-5-12(22)9-11(19)3-4-13-14-6-8-21(27,17(24)18(25)26)20(14,2)10-15(23)16(13)19/h9,13-16,18,23,25-27H,3-8,10H2,1-2H3/t13-,14-,15-,16-,19-,20-,21-/m0/s1. The summed E-state index contributed by atoms with van der Waals surface area (Å²) in [7, 11) is 0. The van der Waals surface area contributed by atoms with Crippen LogP contribution < -0.4 is 0 Å². The van der Waals surface area contributed by atoms with Gasteiger partial charge in [0.15, 0.2) is 5.78 Å². The first kappa shape index (κ1) is 19.2. The number of aliphatic hydroxyl groups is 4. The van der Waals surface area contributed by atoms with Crippen molar-refractivity contribution in [1.29, 1.82) is 0 Å². The Morgan fingerprint density at radius 3 is 2.56 bits per heavy atom. The molecule has 3 saturated carbocycles. The van der Waals surface area contributed by atoms with Gasteiger partial charge in [0.2, 0.25) is 12.1 Å². The molecule has 4 aliphatic carbocycles. The summed E-state index contributed by atoms with van der Waals surface area (Å²) in [6.45, 7) is 3.97. The Balaban J connectivity index is 1.73. The van der Waals surface area contributed by atoms with Gasteiger partial charge in [-0.2, -0.15) is 0 Å². The van der Waals surface area contributed by atoms with Crippen molar-refractivity contribution in [2.45, 2.75) is 76.8 Å². The van der Waals surface area contributed by atoms with Crippen LogP contribution in [0.3, 0.4) is 0 Å². The third-order valence-corrected chi connectivity index (χ3v) is 8.69.